The van der Waals surface area contributed by atoms with Gasteiger partial charge >= 0.3 is 0 Å². The minimum Gasteiger partial charge on any atom is -0.481 e. The summed E-state index contributed by atoms with van der Waals surface area (Å²) in [6.45, 7) is 0.969. The van der Waals surface area contributed by atoms with Gasteiger partial charge in [0.05, 0.1) is 42.3 Å². The zero-order chi connectivity index (χ0) is 28.6. The number of anilines is 1. The van der Waals surface area contributed by atoms with Crippen molar-refractivity contribution in [1.29, 1.82) is 5.26 Å². The van der Waals surface area contributed by atoms with Gasteiger partial charge in [-0.15, -0.1) is 0 Å². The summed E-state index contributed by atoms with van der Waals surface area (Å²) in [6.07, 6.45) is 8.66. The van der Waals surface area contributed by atoms with Crippen molar-refractivity contribution in [1.82, 2.24) is 20.1 Å². The van der Waals surface area contributed by atoms with E-state index >= 15 is 0 Å². The van der Waals surface area contributed by atoms with E-state index < -0.39 is 15.4 Å². The Labute approximate surface area is 240 Å². The molecule has 2 saturated carbocycles. The van der Waals surface area contributed by atoms with Gasteiger partial charge in [-0.05, 0) is 49.4 Å². The number of ether oxygens (including phenoxy) is 1. The third-order valence-electron chi connectivity index (χ3n) is 8.61. The van der Waals surface area contributed by atoms with Crippen LogP contribution in [0.4, 0.5) is 5.69 Å². The number of carbonyl (C=O) groups is 1. The minimum atomic E-state index is -2.96. The number of benzene rings is 1. The van der Waals surface area contributed by atoms with E-state index in [1.54, 1.807) is 19.4 Å². The van der Waals surface area contributed by atoms with Gasteiger partial charge in [0.2, 0.25) is 11.8 Å². The maximum Gasteiger partial charge on any atom is 0.225 e. The number of amides is 1. The number of hydrogen-bond donors (Lipinski definition) is 1. The number of sulfone groups is 1. The van der Waals surface area contributed by atoms with E-state index in [2.05, 4.69) is 21.3 Å². The summed E-state index contributed by atoms with van der Waals surface area (Å²) in [7, 11) is -1.38. The molecule has 3 fully saturated rings. The molecule has 1 saturated heterocycles. The zero-order valence-electron chi connectivity index (χ0n) is 23.1. The van der Waals surface area contributed by atoms with Crippen LogP contribution in [0.5, 0.6) is 5.88 Å². The summed E-state index contributed by atoms with van der Waals surface area (Å²) in [5, 5.41) is 17.6. The molecule has 11 heteroatoms. The van der Waals surface area contributed by atoms with Crippen molar-refractivity contribution in [2.45, 2.75) is 50.0 Å². The van der Waals surface area contributed by atoms with Crippen LogP contribution in [0.15, 0.2) is 48.8 Å². The van der Waals surface area contributed by atoms with E-state index in [4.69, 9.17) is 9.84 Å². The lowest BCUT2D eigenvalue weighted by atomic mass is 9.75. The maximum atomic E-state index is 13.5. The number of aromatic nitrogens is 3. The fourth-order valence-electron chi connectivity index (χ4n) is 5.96. The van der Waals surface area contributed by atoms with E-state index in [1.165, 1.54) is 0 Å². The normalized spacial score (nSPS) is 22.9. The molecule has 0 bridgehead atoms. The fourth-order valence-corrected chi connectivity index (χ4v) is 7.16. The third-order valence-corrected chi connectivity index (χ3v) is 10.2. The number of carbonyl (C=O) groups excluding carboxylic acids is 1. The first kappa shape index (κ1) is 27.3. The number of pyridine rings is 1. The van der Waals surface area contributed by atoms with Crippen molar-refractivity contribution in [3.63, 3.8) is 0 Å². The molecule has 1 amide bonds. The molecule has 2 aliphatic carbocycles. The van der Waals surface area contributed by atoms with E-state index in [-0.39, 0.29) is 29.2 Å². The maximum absolute atomic E-state index is 13.5. The number of hydrogen-bond acceptors (Lipinski definition) is 8. The largest absolute Gasteiger partial charge is 0.481 e. The summed E-state index contributed by atoms with van der Waals surface area (Å²) in [5.74, 6) is 0.432. The van der Waals surface area contributed by atoms with Crippen molar-refractivity contribution in [2.75, 3.05) is 36.6 Å². The lowest BCUT2D eigenvalue weighted by Gasteiger charge is -2.31. The average Bonchev–Trinajstić information content (AvgIpc) is 3.63. The van der Waals surface area contributed by atoms with E-state index in [1.807, 2.05) is 41.2 Å². The van der Waals surface area contributed by atoms with Gasteiger partial charge in [0, 0.05) is 48.4 Å². The zero-order valence-corrected chi connectivity index (χ0v) is 23.9. The Balaban J connectivity index is 1.35. The Bertz CT molecular complexity index is 1560. The molecule has 3 aliphatic rings. The smallest absolute Gasteiger partial charge is 0.225 e. The van der Waals surface area contributed by atoms with Gasteiger partial charge < -0.3 is 15.0 Å². The van der Waals surface area contributed by atoms with Crippen molar-refractivity contribution in [3.05, 3.63) is 54.5 Å². The van der Waals surface area contributed by atoms with Crippen LogP contribution in [-0.2, 0) is 14.6 Å². The molecule has 1 aliphatic heterocycles. The summed E-state index contributed by atoms with van der Waals surface area (Å²) in [5.41, 5.74) is 3.83. The van der Waals surface area contributed by atoms with Crippen molar-refractivity contribution < 1.29 is 17.9 Å². The second kappa shape index (κ2) is 10.8. The monoisotopic (exact) mass is 574 g/mol. The minimum absolute atomic E-state index is 0.0595. The van der Waals surface area contributed by atoms with Crippen LogP contribution >= 0.6 is 0 Å². The van der Waals surface area contributed by atoms with E-state index in [0.29, 0.717) is 31.8 Å². The van der Waals surface area contributed by atoms with Crippen molar-refractivity contribution in [3.8, 4) is 28.8 Å². The van der Waals surface area contributed by atoms with Gasteiger partial charge in [-0.2, -0.15) is 10.4 Å². The summed E-state index contributed by atoms with van der Waals surface area (Å²) in [6, 6.07) is 14.1. The van der Waals surface area contributed by atoms with Crippen LogP contribution in [0.3, 0.4) is 0 Å². The van der Waals surface area contributed by atoms with Gasteiger partial charge in [0.15, 0.2) is 9.84 Å². The van der Waals surface area contributed by atoms with Crippen LogP contribution < -0.4 is 15.0 Å². The Morgan fingerprint density at radius 3 is 2.41 bits per heavy atom. The van der Waals surface area contributed by atoms with Gasteiger partial charge in [-0.1, -0.05) is 25.0 Å². The lowest BCUT2D eigenvalue weighted by Crippen LogP contribution is -2.42. The van der Waals surface area contributed by atoms with E-state index in [0.717, 1.165) is 53.9 Å². The molecule has 10 nitrogen and oxygen atoms in total. The molecule has 2 atom stereocenters. The molecule has 0 spiro atoms. The number of nitrogens with zero attached hydrogens (tertiary/aromatic N) is 5. The highest BCUT2D eigenvalue weighted by Gasteiger charge is 2.47. The average molecular weight is 575 g/mol. The molecule has 2 aromatic heterocycles. The molecule has 1 aromatic carbocycles. The predicted molar refractivity (Wildman–Crippen MR) is 155 cm³/mol. The van der Waals surface area contributed by atoms with Crippen LogP contribution in [0.1, 0.15) is 50.1 Å². The van der Waals surface area contributed by atoms with Gasteiger partial charge in [0.1, 0.15) is 5.54 Å². The Kier molecular flexibility index (Phi) is 7.20. The molecule has 0 radical (unpaired) electrons. The highest BCUT2D eigenvalue weighted by atomic mass is 32.2. The molecule has 214 valence electrons. The van der Waals surface area contributed by atoms with Gasteiger partial charge in [-0.25, -0.2) is 18.1 Å². The van der Waals surface area contributed by atoms with Crippen LogP contribution in [-0.4, -0.2) is 66.3 Å². The number of nitrogens with one attached hydrogen (secondary N) is 1. The van der Waals surface area contributed by atoms with Crippen LogP contribution in [0.25, 0.3) is 16.8 Å². The van der Waals surface area contributed by atoms with Crippen molar-refractivity contribution >= 4 is 21.4 Å². The fraction of sp³-hybridized carbons (Fsp3) is 0.467. The van der Waals surface area contributed by atoms with Gasteiger partial charge in [-0.3, -0.25) is 4.79 Å². The Hall–Kier alpha value is -3.91. The first-order valence-electron chi connectivity index (χ1n) is 14.2. The van der Waals surface area contributed by atoms with Crippen LogP contribution in [0, 0.1) is 17.2 Å². The molecular formula is C30H34N6O4S. The molecular weight excluding hydrogens is 540 g/mol. The summed E-state index contributed by atoms with van der Waals surface area (Å²) in [4.78, 5) is 19.9. The second-order valence-electron chi connectivity index (χ2n) is 11.3. The van der Waals surface area contributed by atoms with Gasteiger partial charge in [0.25, 0.3) is 0 Å². The predicted octanol–water partition coefficient (Wildman–Crippen LogP) is 3.62. The summed E-state index contributed by atoms with van der Waals surface area (Å²) < 4.78 is 30.8. The SMILES string of the molecule is COc1ccc(-n2cc(-c3ccc(N4CCS(=O)(=O)CC4)cc3)c(C3CCCCC3C(=O)NC3(C#N)CC3)n2)cn1. The molecule has 3 aromatic rings. The van der Waals surface area contributed by atoms with Crippen molar-refractivity contribution in [2.24, 2.45) is 5.92 Å². The number of methoxy groups -OCH3 is 1. The molecule has 41 heavy (non-hydrogen) atoms. The van der Waals surface area contributed by atoms with Crippen LogP contribution in [0.2, 0.25) is 0 Å². The first-order chi connectivity index (χ1) is 19.8. The molecule has 3 heterocycles. The van der Waals surface area contributed by atoms with E-state index in [9.17, 15) is 18.5 Å². The molecule has 2 unspecified atom stereocenters. The number of nitriles is 1. The second-order valence-corrected chi connectivity index (χ2v) is 13.6. The topological polar surface area (TPSA) is 130 Å². The molecule has 1 N–H and O–H groups in total. The Morgan fingerprint density at radius 2 is 1.78 bits per heavy atom. The summed E-state index contributed by atoms with van der Waals surface area (Å²) >= 11 is 0. The first-order valence-corrected chi connectivity index (χ1v) is 16.0. The number of rotatable bonds is 7. The standard InChI is InChI=1S/C30H34N6O4S/c1-40-27-11-10-23(18-32-27)36-19-26(21-6-8-22(9-7-21)35-14-16-41(38,39)17-15-35)28(34-36)24-4-2-3-5-25(24)29(37)33-30(20-31)12-13-30/h6-11,18-19,24-25H,2-5,12-17H2,1H3,(H,33,37). The highest BCUT2D eigenvalue weighted by molar-refractivity contribution is 7.91. The Morgan fingerprint density at radius 1 is 1.07 bits per heavy atom. The lowest BCUT2D eigenvalue weighted by molar-refractivity contribution is -0.127. The quantitative estimate of drug-likeness (QED) is 0.453. The molecule has 6 rings (SSSR count). The highest BCUT2D eigenvalue weighted by Crippen LogP contribution is 2.43. The third kappa shape index (κ3) is 5.66.